The molecule has 0 bridgehead atoms. The predicted octanol–water partition coefficient (Wildman–Crippen LogP) is 2.26. The van der Waals surface area contributed by atoms with Gasteiger partial charge in [-0.2, -0.15) is 0 Å². The van der Waals surface area contributed by atoms with Crippen molar-refractivity contribution in [3.63, 3.8) is 0 Å². The maximum absolute atomic E-state index is 3.97. The summed E-state index contributed by atoms with van der Waals surface area (Å²) in [6.07, 6.45) is 0. The monoisotopic (exact) mass is 169 g/mol. The summed E-state index contributed by atoms with van der Waals surface area (Å²) in [7, 11) is 4.73. The third-order valence-corrected chi connectivity index (χ3v) is 3.29. The molecule has 1 heterocycles. The molecule has 0 amide bonds. The van der Waals surface area contributed by atoms with Crippen molar-refractivity contribution in [2.75, 3.05) is 0 Å². The van der Waals surface area contributed by atoms with Crippen LogP contribution in [0, 0.1) is 0 Å². The van der Waals surface area contributed by atoms with Gasteiger partial charge in [-0.05, 0) is 21.6 Å². The van der Waals surface area contributed by atoms with Crippen LogP contribution in [0.3, 0.4) is 0 Å². The molecule has 0 unspecified atom stereocenters. The minimum absolute atomic E-state index is 1.12. The van der Waals surface area contributed by atoms with Crippen molar-refractivity contribution in [1.82, 2.24) is 4.72 Å². The van der Waals surface area contributed by atoms with E-state index in [9.17, 15) is 0 Å². The van der Waals surface area contributed by atoms with E-state index in [1.165, 1.54) is 10.8 Å². The van der Waals surface area contributed by atoms with E-state index in [2.05, 4.69) is 16.4 Å². The van der Waals surface area contributed by atoms with E-state index in [4.69, 9.17) is 0 Å². The maximum atomic E-state index is 3.97. The molecule has 5 heteroatoms. The second kappa shape index (κ2) is 3.06. The van der Waals surface area contributed by atoms with Crippen LogP contribution in [0.2, 0.25) is 0 Å². The van der Waals surface area contributed by atoms with Crippen molar-refractivity contribution >= 4 is 44.2 Å². The molecule has 0 spiro atoms. The zero-order valence-electron chi connectivity index (χ0n) is 3.25. The molecule has 0 saturated carbocycles. The Morgan fingerprint density at radius 1 is 1.86 bits per heavy atom. The van der Waals surface area contributed by atoms with Gasteiger partial charge in [0.25, 0.3) is 0 Å². The fraction of sp³-hybridized carbons (Fsp3) is 0. The van der Waals surface area contributed by atoms with Crippen LogP contribution in [-0.2, 0) is 0 Å². The zero-order chi connectivity index (χ0) is 5.11. The van der Waals surface area contributed by atoms with Crippen LogP contribution in [-0.4, -0.2) is 0 Å². The molecule has 0 saturated heterocycles. The second-order valence-electron chi connectivity index (χ2n) is 0.855. The fourth-order valence-corrected chi connectivity index (χ4v) is 3.16. The van der Waals surface area contributed by atoms with Crippen LogP contribution in [0.15, 0.2) is 10.4 Å². The fourth-order valence-electron chi connectivity index (χ4n) is 0.197. The molecule has 0 aromatic carbocycles. The normalized spacial score (nSPS) is 18.7. The lowest BCUT2D eigenvalue weighted by molar-refractivity contribution is 1.42. The van der Waals surface area contributed by atoms with Crippen LogP contribution in [0.5, 0.6) is 0 Å². The molecule has 7 heavy (non-hydrogen) atoms. The van der Waals surface area contributed by atoms with Gasteiger partial charge in [-0.3, -0.25) is 0 Å². The Hall–Kier alpha value is 0.940. The van der Waals surface area contributed by atoms with Gasteiger partial charge in [0.2, 0.25) is 0 Å². The molecule has 0 aromatic heterocycles. The Bertz CT molecular complexity index is 89.7. The van der Waals surface area contributed by atoms with Crippen LogP contribution in [0.25, 0.3) is 0 Å². The van der Waals surface area contributed by atoms with Gasteiger partial charge in [0.1, 0.15) is 0 Å². The van der Waals surface area contributed by atoms with Crippen LogP contribution < -0.4 is 4.72 Å². The van der Waals surface area contributed by atoms with Gasteiger partial charge in [-0.15, -0.1) is 11.7 Å². The summed E-state index contributed by atoms with van der Waals surface area (Å²) >= 11 is 3.97. The molecule has 0 radical (unpaired) electrons. The molecular weight excluding hydrogens is 166 g/mol. The third kappa shape index (κ3) is 1.71. The number of thiol groups is 1. The summed E-state index contributed by atoms with van der Waals surface area (Å²) in [5.74, 6) is 0. The largest absolute Gasteiger partial charge is 0.314 e. The van der Waals surface area contributed by atoms with Gasteiger partial charge < -0.3 is 4.72 Å². The lowest BCUT2D eigenvalue weighted by Crippen LogP contribution is -1.88. The summed E-state index contributed by atoms with van der Waals surface area (Å²) in [5, 5.41) is 3.15. The molecule has 0 fully saturated rings. The molecule has 40 valence electrons. The van der Waals surface area contributed by atoms with Gasteiger partial charge in [0, 0.05) is 16.4 Å². The Morgan fingerprint density at radius 2 is 2.71 bits per heavy atom. The van der Waals surface area contributed by atoms with E-state index in [0.717, 1.165) is 5.03 Å². The van der Waals surface area contributed by atoms with E-state index >= 15 is 0 Å². The smallest absolute Gasteiger partial charge is 0.0965 e. The molecule has 0 aromatic rings. The number of rotatable bonds is 1. The minimum Gasteiger partial charge on any atom is -0.314 e. The lowest BCUT2D eigenvalue weighted by atomic mass is 11.1. The first-order valence-corrected chi connectivity index (χ1v) is 5.61. The molecule has 1 N–H and O–H groups in total. The van der Waals surface area contributed by atoms with E-state index in [0.29, 0.717) is 0 Å². The van der Waals surface area contributed by atoms with Crippen molar-refractivity contribution in [3.05, 3.63) is 10.4 Å². The summed E-state index contributed by atoms with van der Waals surface area (Å²) in [6.45, 7) is 0. The Balaban J connectivity index is 2.36. The first kappa shape index (κ1) is 6.07. The minimum atomic E-state index is 1.12. The van der Waals surface area contributed by atoms with Gasteiger partial charge in [0.05, 0.1) is 5.03 Å². The number of nitrogens with one attached hydrogen (secondary N) is 1. The van der Waals surface area contributed by atoms with E-state index in [-0.39, 0.29) is 0 Å². The van der Waals surface area contributed by atoms with Gasteiger partial charge in [0.15, 0.2) is 0 Å². The van der Waals surface area contributed by atoms with E-state index < -0.39 is 0 Å². The van der Waals surface area contributed by atoms with Gasteiger partial charge in [-0.1, -0.05) is 0 Å². The first-order chi connectivity index (χ1) is 3.43. The predicted molar refractivity (Wildman–Crippen MR) is 43.0 cm³/mol. The highest BCUT2D eigenvalue weighted by molar-refractivity contribution is 8.78. The summed E-state index contributed by atoms with van der Waals surface area (Å²) in [5.41, 5.74) is 0. The Kier molecular flexibility index (Phi) is 2.65. The second-order valence-corrected chi connectivity index (χ2v) is 3.90. The first-order valence-electron chi connectivity index (χ1n) is 1.53. The highest BCUT2D eigenvalue weighted by atomic mass is 33.1. The van der Waals surface area contributed by atoms with Crippen LogP contribution in [0.1, 0.15) is 0 Å². The average Bonchev–Trinajstić information content (AvgIpc) is 2.14. The zero-order valence-corrected chi connectivity index (χ0v) is 6.59. The van der Waals surface area contributed by atoms with Crippen LogP contribution in [0.4, 0.5) is 0 Å². The molecular formula is C2H3NS4. The van der Waals surface area contributed by atoms with Crippen molar-refractivity contribution in [3.8, 4) is 0 Å². The third-order valence-electron chi connectivity index (χ3n) is 0.444. The van der Waals surface area contributed by atoms with E-state index in [1.54, 1.807) is 21.8 Å². The SMILES string of the molecule is SSC1=CSSN1. The van der Waals surface area contributed by atoms with Crippen molar-refractivity contribution in [1.29, 1.82) is 0 Å². The van der Waals surface area contributed by atoms with Crippen molar-refractivity contribution in [2.45, 2.75) is 0 Å². The Labute approximate surface area is 59.4 Å². The van der Waals surface area contributed by atoms with E-state index in [1.807, 2.05) is 5.41 Å². The maximum Gasteiger partial charge on any atom is 0.0965 e. The summed E-state index contributed by atoms with van der Waals surface area (Å²) < 4.78 is 3.03. The topological polar surface area (TPSA) is 12.0 Å². The standard InChI is InChI=1S/C2H3NS4/c4-6-2-1-5-7-3-2/h1,3-4H. The lowest BCUT2D eigenvalue weighted by Gasteiger charge is -1.90. The highest BCUT2D eigenvalue weighted by Crippen LogP contribution is 2.34. The summed E-state index contributed by atoms with van der Waals surface area (Å²) in [4.78, 5) is 0. The quantitative estimate of drug-likeness (QED) is 0.354. The van der Waals surface area contributed by atoms with Gasteiger partial charge >= 0.3 is 0 Å². The van der Waals surface area contributed by atoms with Crippen molar-refractivity contribution < 1.29 is 0 Å². The Morgan fingerprint density at radius 3 is 3.00 bits per heavy atom. The number of hydrogen-bond donors (Lipinski definition) is 2. The highest BCUT2D eigenvalue weighted by Gasteiger charge is 2.00. The van der Waals surface area contributed by atoms with Crippen LogP contribution >= 0.6 is 44.2 Å². The molecule has 1 aliphatic heterocycles. The molecule has 0 aliphatic carbocycles. The summed E-state index contributed by atoms with van der Waals surface area (Å²) in [6, 6.07) is 0. The molecule has 1 rings (SSSR count). The molecule has 1 nitrogen and oxygen atoms in total. The molecule has 0 atom stereocenters. The number of hydrogen-bond acceptors (Lipinski definition) is 5. The van der Waals surface area contributed by atoms with Gasteiger partial charge in [-0.25, -0.2) is 0 Å². The average molecular weight is 169 g/mol. The molecule has 1 aliphatic rings. The van der Waals surface area contributed by atoms with Crippen molar-refractivity contribution in [2.24, 2.45) is 0 Å².